The monoisotopic (exact) mass is 357 g/mol. The molecule has 7 nitrogen and oxygen atoms in total. The molecule has 1 atom stereocenters. The van der Waals surface area contributed by atoms with Gasteiger partial charge in [-0.3, -0.25) is 4.79 Å². The Morgan fingerprint density at radius 2 is 2.00 bits per heavy atom. The van der Waals surface area contributed by atoms with Crippen molar-refractivity contribution in [3.63, 3.8) is 0 Å². The number of carbonyl (C=O) groups excluding carboxylic acids is 1. The minimum atomic E-state index is -3.83. The number of hydrogen-bond donors (Lipinski definition) is 2. The predicted octanol–water partition coefficient (Wildman–Crippen LogP) is 2.04. The van der Waals surface area contributed by atoms with Crippen LogP contribution in [0.25, 0.3) is 0 Å². The van der Waals surface area contributed by atoms with E-state index in [1.54, 1.807) is 6.92 Å². The van der Waals surface area contributed by atoms with Gasteiger partial charge in [0.25, 0.3) is 0 Å². The zero-order valence-corrected chi connectivity index (χ0v) is 15.4. The summed E-state index contributed by atoms with van der Waals surface area (Å²) in [5.41, 5.74) is 0.282. The van der Waals surface area contributed by atoms with Gasteiger partial charge in [0.15, 0.2) is 5.76 Å². The fourth-order valence-electron chi connectivity index (χ4n) is 3.26. The highest BCUT2D eigenvalue weighted by atomic mass is 32.2. The van der Waals surface area contributed by atoms with E-state index < -0.39 is 16.1 Å². The lowest BCUT2D eigenvalue weighted by atomic mass is 10.0. The van der Waals surface area contributed by atoms with Gasteiger partial charge in [-0.15, -0.1) is 0 Å². The molecule has 0 bridgehead atoms. The number of carbonyl (C=O) groups is 1. The molecule has 0 aromatic carbocycles. The van der Waals surface area contributed by atoms with Crippen molar-refractivity contribution in [2.24, 2.45) is 5.92 Å². The van der Waals surface area contributed by atoms with Crippen LogP contribution >= 0.6 is 0 Å². The van der Waals surface area contributed by atoms with Crippen molar-refractivity contribution >= 4 is 15.9 Å². The highest BCUT2D eigenvalue weighted by molar-refractivity contribution is 7.89. The standard InChI is InChI=1S/C16H27N3O4S/c1-11-15(13(3)23-18-11)24(21,22)19-12(2)16(20)17-10-6-9-14-7-4-5-8-14/h12,14,19H,4-10H2,1-3H3,(H,17,20)/t12-/m0/s1. The first kappa shape index (κ1) is 18.9. The van der Waals surface area contributed by atoms with Crippen LogP contribution in [0.2, 0.25) is 0 Å². The number of sulfonamides is 1. The lowest BCUT2D eigenvalue weighted by Gasteiger charge is -2.15. The van der Waals surface area contributed by atoms with E-state index in [4.69, 9.17) is 4.52 Å². The quantitative estimate of drug-likeness (QED) is 0.693. The van der Waals surface area contributed by atoms with Crippen LogP contribution in [-0.2, 0) is 14.8 Å². The first-order chi connectivity index (χ1) is 11.3. The zero-order chi connectivity index (χ0) is 17.7. The Labute approximate surface area is 143 Å². The fourth-order valence-corrected chi connectivity index (χ4v) is 4.79. The summed E-state index contributed by atoms with van der Waals surface area (Å²) in [6.45, 7) is 5.19. The van der Waals surface area contributed by atoms with Gasteiger partial charge in [0, 0.05) is 6.54 Å². The Morgan fingerprint density at radius 3 is 2.58 bits per heavy atom. The highest BCUT2D eigenvalue weighted by Crippen LogP contribution is 2.28. The van der Waals surface area contributed by atoms with E-state index in [1.807, 2.05) is 0 Å². The number of amides is 1. The van der Waals surface area contributed by atoms with Crippen molar-refractivity contribution in [2.45, 2.75) is 70.2 Å². The normalized spacial score (nSPS) is 17.1. The van der Waals surface area contributed by atoms with Crippen molar-refractivity contribution in [1.29, 1.82) is 0 Å². The molecular weight excluding hydrogens is 330 g/mol. The van der Waals surface area contributed by atoms with Crippen molar-refractivity contribution in [3.8, 4) is 0 Å². The minimum absolute atomic E-state index is 0.00313. The van der Waals surface area contributed by atoms with Crippen molar-refractivity contribution in [3.05, 3.63) is 11.5 Å². The van der Waals surface area contributed by atoms with E-state index >= 15 is 0 Å². The summed E-state index contributed by atoms with van der Waals surface area (Å²) in [5.74, 6) is 0.679. The molecule has 1 fully saturated rings. The molecule has 1 amide bonds. The number of aryl methyl sites for hydroxylation is 2. The SMILES string of the molecule is Cc1noc(C)c1S(=O)(=O)N[C@@H](C)C(=O)NCCCC1CCCC1. The molecular formula is C16H27N3O4S. The Morgan fingerprint density at radius 1 is 1.33 bits per heavy atom. The topological polar surface area (TPSA) is 101 Å². The Bertz CT molecular complexity index is 643. The summed E-state index contributed by atoms with van der Waals surface area (Å²) < 4.78 is 32.0. The molecule has 2 rings (SSSR count). The summed E-state index contributed by atoms with van der Waals surface area (Å²) in [6.07, 6.45) is 7.28. The Hall–Kier alpha value is -1.41. The minimum Gasteiger partial charge on any atom is -0.360 e. The number of nitrogens with one attached hydrogen (secondary N) is 2. The van der Waals surface area contributed by atoms with Crippen molar-refractivity contribution in [2.75, 3.05) is 6.54 Å². The van der Waals surface area contributed by atoms with Gasteiger partial charge in [0.05, 0.1) is 6.04 Å². The van der Waals surface area contributed by atoms with E-state index in [9.17, 15) is 13.2 Å². The van der Waals surface area contributed by atoms with Crippen LogP contribution in [0.1, 0.15) is 56.9 Å². The van der Waals surface area contributed by atoms with Gasteiger partial charge in [-0.1, -0.05) is 30.8 Å². The van der Waals surface area contributed by atoms with E-state index in [2.05, 4.69) is 15.2 Å². The molecule has 1 aliphatic rings. The van der Waals surface area contributed by atoms with Gasteiger partial charge in [-0.25, -0.2) is 8.42 Å². The highest BCUT2D eigenvalue weighted by Gasteiger charge is 2.28. The second-order valence-corrected chi connectivity index (χ2v) is 8.23. The van der Waals surface area contributed by atoms with Crippen LogP contribution in [0.5, 0.6) is 0 Å². The molecule has 136 valence electrons. The fraction of sp³-hybridized carbons (Fsp3) is 0.750. The van der Waals surface area contributed by atoms with E-state index in [0.717, 1.165) is 18.8 Å². The van der Waals surface area contributed by atoms with E-state index in [0.29, 0.717) is 6.54 Å². The van der Waals surface area contributed by atoms with Gasteiger partial charge in [0.1, 0.15) is 10.6 Å². The molecule has 1 aromatic rings. The predicted molar refractivity (Wildman–Crippen MR) is 90.0 cm³/mol. The summed E-state index contributed by atoms with van der Waals surface area (Å²) in [4.78, 5) is 12.1. The second-order valence-electron chi connectivity index (χ2n) is 6.58. The largest absolute Gasteiger partial charge is 0.360 e. The van der Waals surface area contributed by atoms with Gasteiger partial charge in [-0.05, 0) is 39.5 Å². The number of rotatable bonds is 8. The third kappa shape index (κ3) is 4.80. The number of aromatic nitrogens is 1. The lowest BCUT2D eigenvalue weighted by molar-refractivity contribution is -0.122. The van der Waals surface area contributed by atoms with Crippen molar-refractivity contribution in [1.82, 2.24) is 15.2 Å². The van der Waals surface area contributed by atoms with Crippen LogP contribution in [-0.4, -0.2) is 32.1 Å². The van der Waals surface area contributed by atoms with Gasteiger partial charge in [0.2, 0.25) is 15.9 Å². The molecule has 1 aromatic heterocycles. The molecule has 24 heavy (non-hydrogen) atoms. The molecule has 0 unspecified atom stereocenters. The summed E-state index contributed by atoms with van der Waals surface area (Å²) >= 11 is 0. The Kier molecular flexibility index (Phi) is 6.40. The number of nitrogens with zero attached hydrogens (tertiary/aromatic N) is 1. The lowest BCUT2D eigenvalue weighted by Crippen LogP contribution is -2.45. The van der Waals surface area contributed by atoms with Gasteiger partial charge in [-0.2, -0.15) is 4.72 Å². The maximum atomic E-state index is 12.4. The third-order valence-electron chi connectivity index (χ3n) is 4.52. The average molecular weight is 357 g/mol. The maximum Gasteiger partial charge on any atom is 0.246 e. The molecule has 2 N–H and O–H groups in total. The van der Waals surface area contributed by atoms with Crippen LogP contribution in [0, 0.1) is 19.8 Å². The van der Waals surface area contributed by atoms with E-state index in [1.165, 1.54) is 39.5 Å². The maximum absolute atomic E-state index is 12.4. The van der Waals surface area contributed by atoms with Crippen molar-refractivity contribution < 1.29 is 17.7 Å². The zero-order valence-electron chi connectivity index (χ0n) is 14.6. The summed E-state index contributed by atoms with van der Waals surface area (Å²) in [7, 11) is -3.83. The van der Waals surface area contributed by atoms with Crippen LogP contribution in [0.3, 0.4) is 0 Å². The van der Waals surface area contributed by atoms with E-state index in [-0.39, 0.29) is 22.3 Å². The molecule has 1 saturated carbocycles. The molecule has 0 radical (unpaired) electrons. The van der Waals surface area contributed by atoms with Crippen LogP contribution < -0.4 is 10.0 Å². The number of hydrogen-bond acceptors (Lipinski definition) is 5. The van der Waals surface area contributed by atoms with Gasteiger partial charge < -0.3 is 9.84 Å². The molecule has 0 saturated heterocycles. The third-order valence-corrected chi connectivity index (χ3v) is 6.31. The first-order valence-electron chi connectivity index (χ1n) is 8.54. The molecule has 0 spiro atoms. The summed E-state index contributed by atoms with van der Waals surface area (Å²) in [5, 5.41) is 6.44. The molecule has 1 aliphatic carbocycles. The van der Waals surface area contributed by atoms with Crippen LogP contribution in [0.4, 0.5) is 0 Å². The molecule has 8 heteroatoms. The first-order valence-corrected chi connectivity index (χ1v) is 10.0. The van der Waals surface area contributed by atoms with Gasteiger partial charge >= 0.3 is 0 Å². The summed E-state index contributed by atoms with van der Waals surface area (Å²) in [6, 6.07) is -0.852. The van der Waals surface area contributed by atoms with Crippen LogP contribution in [0.15, 0.2) is 9.42 Å². The molecule has 0 aliphatic heterocycles. The Balaban J connectivity index is 1.80. The average Bonchev–Trinajstić information content (AvgIpc) is 3.13. The second kappa shape index (κ2) is 8.11. The smallest absolute Gasteiger partial charge is 0.246 e. The molecule has 1 heterocycles.